The third-order valence-corrected chi connectivity index (χ3v) is 13.1. The molecule has 1 unspecified atom stereocenters. The summed E-state index contributed by atoms with van der Waals surface area (Å²) in [5.74, 6) is -0.864. The van der Waals surface area contributed by atoms with E-state index in [4.69, 9.17) is 14.2 Å². The van der Waals surface area contributed by atoms with Gasteiger partial charge in [-0.25, -0.2) is 0 Å². The van der Waals surface area contributed by atoms with Gasteiger partial charge in [0.2, 0.25) is 0 Å². The summed E-state index contributed by atoms with van der Waals surface area (Å²) in [5, 5.41) is 0. The Bertz CT molecular complexity index is 1130. The fraction of sp³-hybridized carbons (Fsp3) is 0.852. The number of allylic oxidation sites excluding steroid dienone is 6. The molecule has 1 atom stereocenters. The van der Waals surface area contributed by atoms with Gasteiger partial charge in [-0.2, -0.15) is 0 Å². The lowest BCUT2D eigenvalue weighted by atomic mass is 10.0. The van der Waals surface area contributed by atoms with Crippen LogP contribution < -0.4 is 0 Å². The van der Waals surface area contributed by atoms with Crippen LogP contribution in [0.2, 0.25) is 0 Å². The summed E-state index contributed by atoms with van der Waals surface area (Å²) in [4.78, 5) is 38.2. The van der Waals surface area contributed by atoms with Crippen molar-refractivity contribution in [2.45, 2.75) is 322 Å². The van der Waals surface area contributed by atoms with Crippen molar-refractivity contribution < 1.29 is 28.6 Å². The first-order valence-corrected chi connectivity index (χ1v) is 29.5. The van der Waals surface area contributed by atoms with E-state index < -0.39 is 6.10 Å². The van der Waals surface area contributed by atoms with Crippen LogP contribution in [0.3, 0.4) is 0 Å². The summed E-state index contributed by atoms with van der Waals surface area (Å²) >= 11 is 0. The first kappa shape index (κ1) is 64.6. The van der Waals surface area contributed by atoms with Crippen molar-refractivity contribution >= 4 is 17.9 Å². The van der Waals surface area contributed by atoms with Crippen LogP contribution in [0.1, 0.15) is 316 Å². The zero-order valence-electron chi connectivity index (χ0n) is 44.9. The van der Waals surface area contributed by atoms with Gasteiger partial charge in [-0.1, -0.05) is 256 Å². The first-order valence-electron chi connectivity index (χ1n) is 29.5. The van der Waals surface area contributed by atoms with E-state index in [-0.39, 0.29) is 31.1 Å². The molecule has 0 rings (SSSR count). The van der Waals surface area contributed by atoms with E-state index in [1.165, 1.54) is 205 Å². The van der Waals surface area contributed by atoms with Gasteiger partial charge in [0.15, 0.2) is 6.10 Å². The topological polar surface area (TPSA) is 78.9 Å². The second-order valence-electron chi connectivity index (χ2n) is 19.9. The minimum absolute atomic E-state index is 0.0722. The molecule has 0 radical (unpaired) electrons. The lowest BCUT2D eigenvalue weighted by Crippen LogP contribution is -2.30. The molecule has 0 saturated carbocycles. The highest BCUT2D eigenvalue weighted by molar-refractivity contribution is 5.71. The van der Waals surface area contributed by atoms with Gasteiger partial charge in [0, 0.05) is 19.3 Å². The SMILES string of the molecule is CCCCC/C=C\C/C=C\CCCCCCCCCC(=O)OC(COC(=O)CCCCCCCCCCC/C=C\CCCCCCCC)COC(=O)CCCCCCCCCCCCCCC. The van der Waals surface area contributed by atoms with Crippen LogP contribution >= 0.6 is 0 Å². The smallest absolute Gasteiger partial charge is 0.306 e. The summed E-state index contributed by atoms with van der Waals surface area (Å²) in [6.07, 6.45) is 67.0. The van der Waals surface area contributed by atoms with Crippen LogP contribution in [0, 0.1) is 0 Å². The number of rotatable bonds is 54. The lowest BCUT2D eigenvalue weighted by Gasteiger charge is -2.18. The molecule has 67 heavy (non-hydrogen) atoms. The van der Waals surface area contributed by atoms with Gasteiger partial charge in [-0.15, -0.1) is 0 Å². The number of carbonyl (C=O) groups excluding carboxylic acids is 3. The van der Waals surface area contributed by atoms with E-state index in [9.17, 15) is 14.4 Å². The summed E-state index contributed by atoms with van der Waals surface area (Å²) in [7, 11) is 0. The Labute approximate surface area is 416 Å². The molecule has 0 fully saturated rings. The zero-order valence-corrected chi connectivity index (χ0v) is 44.9. The van der Waals surface area contributed by atoms with E-state index in [2.05, 4.69) is 57.2 Å². The van der Waals surface area contributed by atoms with E-state index in [1.807, 2.05) is 0 Å². The maximum atomic E-state index is 12.9. The molecule has 0 aliphatic heterocycles. The molecule has 0 heterocycles. The Morgan fingerprint density at radius 1 is 0.299 bits per heavy atom. The second kappa shape index (κ2) is 56.2. The summed E-state index contributed by atoms with van der Waals surface area (Å²) in [6, 6.07) is 0. The highest BCUT2D eigenvalue weighted by atomic mass is 16.6. The second-order valence-corrected chi connectivity index (χ2v) is 19.9. The van der Waals surface area contributed by atoms with Gasteiger partial charge >= 0.3 is 17.9 Å². The first-order chi connectivity index (χ1) is 33.0. The van der Waals surface area contributed by atoms with Crippen molar-refractivity contribution in [2.24, 2.45) is 0 Å². The number of ether oxygens (including phenoxy) is 3. The van der Waals surface area contributed by atoms with Gasteiger partial charge in [0.05, 0.1) is 0 Å². The molecule has 0 N–H and O–H groups in total. The van der Waals surface area contributed by atoms with Crippen molar-refractivity contribution in [3.8, 4) is 0 Å². The van der Waals surface area contributed by atoms with E-state index in [1.54, 1.807) is 0 Å². The molecule has 0 saturated heterocycles. The van der Waals surface area contributed by atoms with Gasteiger partial charge in [0.1, 0.15) is 13.2 Å². The Balaban J connectivity index is 4.33. The van der Waals surface area contributed by atoms with Gasteiger partial charge in [-0.3, -0.25) is 14.4 Å². The summed E-state index contributed by atoms with van der Waals surface area (Å²) in [5.41, 5.74) is 0. The minimum atomic E-state index is -0.774. The molecule has 0 aromatic heterocycles. The third kappa shape index (κ3) is 54.4. The number of hydrogen-bond donors (Lipinski definition) is 0. The Morgan fingerprint density at radius 3 is 0.866 bits per heavy atom. The Morgan fingerprint density at radius 2 is 0.537 bits per heavy atom. The van der Waals surface area contributed by atoms with Crippen LogP contribution in [-0.4, -0.2) is 37.2 Å². The predicted molar refractivity (Wildman–Crippen MR) is 289 cm³/mol. The normalized spacial score (nSPS) is 12.2. The minimum Gasteiger partial charge on any atom is -0.462 e. The van der Waals surface area contributed by atoms with Crippen molar-refractivity contribution in [3.63, 3.8) is 0 Å². The Hall–Kier alpha value is -2.37. The number of esters is 3. The van der Waals surface area contributed by atoms with Crippen LogP contribution in [-0.2, 0) is 28.6 Å². The fourth-order valence-corrected chi connectivity index (χ4v) is 8.65. The highest BCUT2D eigenvalue weighted by Gasteiger charge is 2.19. The largest absolute Gasteiger partial charge is 0.462 e. The molecule has 0 aliphatic carbocycles. The average Bonchev–Trinajstić information content (AvgIpc) is 3.33. The number of hydrogen-bond acceptors (Lipinski definition) is 6. The Kier molecular flexibility index (Phi) is 54.2. The predicted octanol–water partition coefficient (Wildman–Crippen LogP) is 19.7. The molecule has 392 valence electrons. The molecule has 6 nitrogen and oxygen atoms in total. The van der Waals surface area contributed by atoms with Gasteiger partial charge in [-0.05, 0) is 77.0 Å². The number of carbonyl (C=O) groups is 3. The molecule has 0 amide bonds. The van der Waals surface area contributed by atoms with E-state index in [0.29, 0.717) is 19.3 Å². The monoisotopic (exact) mass is 941 g/mol. The zero-order chi connectivity index (χ0) is 48.6. The van der Waals surface area contributed by atoms with Gasteiger partial charge < -0.3 is 14.2 Å². The highest BCUT2D eigenvalue weighted by Crippen LogP contribution is 2.16. The quantitative estimate of drug-likeness (QED) is 0.0262. The van der Waals surface area contributed by atoms with E-state index in [0.717, 1.165) is 70.6 Å². The molecule has 6 heteroatoms. The molecule has 0 aromatic rings. The van der Waals surface area contributed by atoms with Gasteiger partial charge in [0.25, 0.3) is 0 Å². The standard InChI is InChI=1S/C61H112O6/c1-4-7-10-13-16-19-22-25-27-29-30-32-33-36-39-42-45-48-51-54-60(63)66-57-58(56-65-59(62)53-50-47-44-41-38-35-24-21-18-15-12-9-6-3)67-61(64)55-52-49-46-43-40-37-34-31-28-26-23-20-17-14-11-8-5-2/h17,20,25-28,58H,4-16,18-19,21-24,29-57H2,1-3H3/b20-17-,27-25-,28-26-. The average molecular weight is 942 g/mol. The van der Waals surface area contributed by atoms with E-state index >= 15 is 0 Å². The molecule has 0 aromatic carbocycles. The van der Waals surface area contributed by atoms with Crippen molar-refractivity contribution in [1.82, 2.24) is 0 Å². The molecular weight excluding hydrogens is 829 g/mol. The van der Waals surface area contributed by atoms with Crippen molar-refractivity contribution in [2.75, 3.05) is 13.2 Å². The van der Waals surface area contributed by atoms with Crippen LogP contribution in [0.5, 0.6) is 0 Å². The fourth-order valence-electron chi connectivity index (χ4n) is 8.65. The summed E-state index contributed by atoms with van der Waals surface area (Å²) in [6.45, 7) is 6.64. The summed E-state index contributed by atoms with van der Waals surface area (Å²) < 4.78 is 16.9. The van der Waals surface area contributed by atoms with Crippen molar-refractivity contribution in [1.29, 1.82) is 0 Å². The number of unbranched alkanes of at least 4 members (excludes halogenated alkanes) is 37. The molecular formula is C61H112O6. The molecule has 0 bridgehead atoms. The maximum absolute atomic E-state index is 12.9. The molecule has 0 spiro atoms. The molecule has 0 aliphatic rings. The van der Waals surface area contributed by atoms with Crippen molar-refractivity contribution in [3.05, 3.63) is 36.5 Å². The lowest BCUT2D eigenvalue weighted by molar-refractivity contribution is -0.167. The van der Waals surface area contributed by atoms with Crippen LogP contribution in [0.15, 0.2) is 36.5 Å². The van der Waals surface area contributed by atoms with Crippen LogP contribution in [0.4, 0.5) is 0 Å². The maximum Gasteiger partial charge on any atom is 0.306 e. The van der Waals surface area contributed by atoms with Crippen LogP contribution in [0.25, 0.3) is 0 Å². The third-order valence-electron chi connectivity index (χ3n) is 13.1.